The van der Waals surface area contributed by atoms with Crippen LogP contribution < -0.4 is 4.90 Å². The van der Waals surface area contributed by atoms with Crippen LogP contribution in [-0.4, -0.2) is 29.1 Å². The second-order valence-corrected chi connectivity index (χ2v) is 5.28. The van der Waals surface area contributed by atoms with E-state index in [0.29, 0.717) is 30.1 Å². The first-order chi connectivity index (χ1) is 8.67. The van der Waals surface area contributed by atoms with Crippen molar-refractivity contribution in [3.63, 3.8) is 0 Å². The van der Waals surface area contributed by atoms with Gasteiger partial charge in [0.25, 0.3) is 0 Å². The number of aliphatic hydroxyl groups excluding tert-OH is 1. The average molecular weight is 311 g/mol. The van der Waals surface area contributed by atoms with Gasteiger partial charge in [-0.25, -0.2) is 0 Å². The topological polar surface area (TPSA) is 66.6 Å². The molecule has 0 aliphatic carbocycles. The van der Waals surface area contributed by atoms with Gasteiger partial charge in [-0.15, -0.1) is 0 Å². The van der Waals surface area contributed by atoms with E-state index in [1.165, 1.54) is 4.90 Å². The van der Waals surface area contributed by atoms with E-state index in [1.807, 2.05) is 12.1 Å². The largest absolute Gasteiger partial charge is 0.423 e. The number of carbonyl (C=O) groups excluding carboxylic acids is 1. The number of anilines is 1. The van der Waals surface area contributed by atoms with Crippen LogP contribution in [0.4, 0.5) is 6.01 Å². The highest BCUT2D eigenvalue weighted by Crippen LogP contribution is 2.28. The van der Waals surface area contributed by atoms with Crippen molar-refractivity contribution in [2.24, 2.45) is 5.92 Å². The Balaban J connectivity index is 1.97. The fourth-order valence-corrected chi connectivity index (χ4v) is 2.44. The molecule has 1 aliphatic heterocycles. The molecule has 1 saturated heterocycles. The molecule has 0 saturated carbocycles. The van der Waals surface area contributed by atoms with Crippen molar-refractivity contribution in [3.05, 3.63) is 22.7 Å². The molecule has 94 valence electrons. The van der Waals surface area contributed by atoms with Crippen LogP contribution >= 0.6 is 15.9 Å². The van der Waals surface area contributed by atoms with Gasteiger partial charge in [-0.2, -0.15) is 4.98 Å². The molecule has 2 aromatic rings. The first kappa shape index (κ1) is 11.7. The monoisotopic (exact) mass is 310 g/mol. The van der Waals surface area contributed by atoms with E-state index in [1.54, 1.807) is 6.07 Å². The number of nitrogens with zero attached hydrogens (tertiary/aromatic N) is 2. The lowest BCUT2D eigenvalue weighted by Crippen LogP contribution is -2.25. The summed E-state index contributed by atoms with van der Waals surface area (Å²) in [5, 5.41) is 9.09. The van der Waals surface area contributed by atoms with Crippen LogP contribution in [0, 0.1) is 5.92 Å². The van der Waals surface area contributed by atoms with Gasteiger partial charge in [0.15, 0.2) is 5.58 Å². The van der Waals surface area contributed by atoms with E-state index in [4.69, 9.17) is 9.52 Å². The Labute approximate surface area is 112 Å². The van der Waals surface area contributed by atoms with Gasteiger partial charge in [0.1, 0.15) is 5.52 Å². The second kappa shape index (κ2) is 4.37. The van der Waals surface area contributed by atoms with E-state index >= 15 is 0 Å². The zero-order valence-corrected chi connectivity index (χ0v) is 11.1. The van der Waals surface area contributed by atoms with E-state index in [-0.39, 0.29) is 18.4 Å². The maximum Gasteiger partial charge on any atom is 0.305 e. The van der Waals surface area contributed by atoms with E-state index in [2.05, 4.69) is 20.9 Å². The van der Waals surface area contributed by atoms with Crippen LogP contribution in [0.15, 0.2) is 27.1 Å². The smallest absolute Gasteiger partial charge is 0.305 e. The molecule has 6 heteroatoms. The Morgan fingerprint density at radius 3 is 3.11 bits per heavy atom. The van der Waals surface area contributed by atoms with E-state index < -0.39 is 0 Å². The molecule has 1 aromatic heterocycles. The molecule has 1 fully saturated rings. The highest BCUT2D eigenvalue weighted by atomic mass is 79.9. The van der Waals surface area contributed by atoms with Crippen molar-refractivity contribution in [3.8, 4) is 0 Å². The molecule has 1 atom stereocenters. The highest BCUT2D eigenvalue weighted by Gasteiger charge is 2.33. The lowest BCUT2D eigenvalue weighted by atomic mass is 10.1. The maximum absolute atomic E-state index is 11.8. The Hall–Kier alpha value is -1.40. The highest BCUT2D eigenvalue weighted by molar-refractivity contribution is 9.10. The summed E-state index contributed by atoms with van der Waals surface area (Å²) in [6.07, 6.45) is 0.346. The number of aromatic nitrogens is 1. The van der Waals surface area contributed by atoms with Gasteiger partial charge >= 0.3 is 6.01 Å². The summed E-state index contributed by atoms with van der Waals surface area (Å²) in [5.74, 6) is -0.0843. The average Bonchev–Trinajstić information content (AvgIpc) is 2.91. The minimum atomic E-state index is -0.0559. The van der Waals surface area contributed by atoms with Gasteiger partial charge in [0.05, 0.1) is 0 Å². The van der Waals surface area contributed by atoms with Crippen LogP contribution in [0.3, 0.4) is 0 Å². The summed E-state index contributed by atoms with van der Waals surface area (Å²) in [5.41, 5.74) is 1.35. The van der Waals surface area contributed by atoms with Crippen molar-refractivity contribution in [2.45, 2.75) is 6.42 Å². The molecule has 2 heterocycles. The van der Waals surface area contributed by atoms with Crippen LogP contribution in [0.25, 0.3) is 11.1 Å². The molecule has 1 N–H and O–H groups in total. The molecular weight excluding hydrogens is 300 g/mol. The number of aliphatic hydroxyl groups is 1. The van der Waals surface area contributed by atoms with E-state index in [0.717, 1.165) is 4.47 Å². The fraction of sp³-hybridized carbons (Fsp3) is 0.333. The molecular formula is C12H11BrN2O3. The Bertz CT molecular complexity index is 610. The predicted octanol–water partition coefficient (Wildman–Crippen LogP) is 1.94. The van der Waals surface area contributed by atoms with Gasteiger partial charge < -0.3 is 9.52 Å². The number of benzene rings is 1. The molecule has 1 aliphatic rings. The number of carbonyl (C=O) groups is 1. The summed E-state index contributed by atoms with van der Waals surface area (Å²) in [6, 6.07) is 5.82. The summed E-state index contributed by atoms with van der Waals surface area (Å²) in [6.45, 7) is 0.470. The number of halogens is 1. The van der Waals surface area contributed by atoms with Gasteiger partial charge in [-0.3, -0.25) is 9.69 Å². The predicted molar refractivity (Wildman–Crippen MR) is 69.3 cm³/mol. The third kappa shape index (κ3) is 1.91. The van der Waals surface area contributed by atoms with Gasteiger partial charge in [0, 0.05) is 30.0 Å². The maximum atomic E-state index is 11.8. The Morgan fingerprint density at radius 1 is 1.56 bits per heavy atom. The molecule has 0 spiro atoms. The fourth-order valence-electron chi connectivity index (χ4n) is 2.09. The molecule has 1 unspecified atom stereocenters. The van der Waals surface area contributed by atoms with Gasteiger partial charge in [-0.05, 0) is 18.2 Å². The van der Waals surface area contributed by atoms with Crippen LogP contribution in [0.5, 0.6) is 0 Å². The number of hydrogen-bond acceptors (Lipinski definition) is 4. The summed E-state index contributed by atoms with van der Waals surface area (Å²) in [7, 11) is 0. The number of oxazole rings is 1. The van der Waals surface area contributed by atoms with Crippen molar-refractivity contribution in [1.82, 2.24) is 4.98 Å². The molecule has 3 rings (SSSR count). The van der Waals surface area contributed by atoms with Crippen LogP contribution in [0.1, 0.15) is 6.42 Å². The first-order valence-corrected chi connectivity index (χ1v) is 6.44. The molecule has 5 nitrogen and oxygen atoms in total. The lowest BCUT2D eigenvalue weighted by molar-refractivity contribution is -0.117. The van der Waals surface area contributed by atoms with E-state index in [9.17, 15) is 4.79 Å². The SMILES string of the molecule is O=C1CC(CO)CN1c1nc2cc(Br)ccc2o1. The Morgan fingerprint density at radius 2 is 2.39 bits per heavy atom. The van der Waals surface area contributed by atoms with Gasteiger partial charge in [0.2, 0.25) is 5.91 Å². The van der Waals surface area contributed by atoms with Crippen LogP contribution in [0.2, 0.25) is 0 Å². The summed E-state index contributed by atoms with van der Waals surface area (Å²) in [4.78, 5) is 17.6. The number of rotatable bonds is 2. The minimum Gasteiger partial charge on any atom is -0.423 e. The van der Waals surface area contributed by atoms with Crippen molar-refractivity contribution < 1.29 is 14.3 Å². The van der Waals surface area contributed by atoms with Crippen molar-refractivity contribution in [1.29, 1.82) is 0 Å². The molecule has 18 heavy (non-hydrogen) atoms. The number of hydrogen-bond donors (Lipinski definition) is 1. The molecule has 0 radical (unpaired) electrons. The summed E-state index contributed by atoms with van der Waals surface area (Å²) < 4.78 is 6.47. The molecule has 0 bridgehead atoms. The standard InChI is InChI=1S/C12H11BrN2O3/c13-8-1-2-10-9(4-8)14-12(18-10)15-5-7(6-16)3-11(15)17/h1-2,4,7,16H,3,5-6H2. The zero-order chi connectivity index (χ0) is 12.7. The normalized spacial score (nSPS) is 20.0. The van der Waals surface area contributed by atoms with Crippen molar-refractivity contribution in [2.75, 3.05) is 18.1 Å². The minimum absolute atomic E-state index is 0.00795. The van der Waals surface area contributed by atoms with Crippen molar-refractivity contribution >= 4 is 39.0 Å². The lowest BCUT2D eigenvalue weighted by Gasteiger charge is -2.10. The second-order valence-electron chi connectivity index (χ2n) is 4.37. The molecule has 1 aromatic carbocycles. The third-order valence-electron chi connectivity index (χ3n) is 3.03. The number of fused-ring (bicyclic) bond motifs is 1. The zero-order valence-electron chi connectivity index (χ0n) is 9.47. The molecule has 1 amide bonds. The van der Waals surface area contributed by atoms with Crippen LogP contribution in [-0.2, 0) is 4.79 Å². The number of amides is 1. The summed E-state index contributed by atoms with van der Waals surface area (Å²) >= 11 is 3.36. The quantitative estimate of drug-likeness (QED) is 0.920. The Kier molecular flexibility index (Phi) is 2.83. The first-order valence-electron chi connectivity index (χ1n) is 5.64. The van der Waals surface area contributed by atoms with Gasteiger partial charge in [-0.1, -0.05) is 15.9 Å². The third-order valence-corrected chi connectivity index (χ3v) is 3.53.